The topological polar surface area (TPSA) is 50.1 Å². The molecule has 0 fully saturated rings. The Kier molecular flexibility index (Phi) is 4.68. The first-order valence-electron chi connectivity index (χ1n) is 7.52. The first-order valence-corrected chi connectivity index (χ1v) is 7.52. The summed E-state index contributed by atoms with van der Waals surface area (Å²) in [5.74, 6) is 0.306. The smallest absolute Gasteiger partial charge is 0.115 e. The summed E-state index contributed by atoms with van der Waals surface area (Å²) in [7, 11) is 0. The maximum atomic E-state index is 9.60. The number of aromatic nitrogens is 2. The summed E-state index contributed by atoms with van der Waals surface area (Å²) < 4.78 is 2.04. The monoisotopic (exact) mass is 287 g/mol. The molecule has 0 aliphatic carbocycles. The minimum atomic E-state index is 0.163. The van der Waals surface area contributed by atoms with Crippen molar-refractivity contribution in [3.05, 3.63) is 46.8 Å². The van der Waals surface area contributed by atoms with Crippen molar-refractivity contribution < 1.29 is 5.11 Å². The normalized spacial score (nSPS) is 14.1. The summed E-state index contributed by atoms with van der Waals surface area (Å²) in [6.07, 6.45) is 0. The zero-order valence-electron chi connectivity index (χ0n) is 13.5. The van der Waals surface area contributed by atoms with E-state index in [1.165, 1.54) is 11.3 Å². The van der Waals surface area contributed by atoms with Crippen LogP contribution >= 0.6 is 0 Å². The maximum absolute atomic E-state index is 9.60. The van der Waals surface area contributed by atoms with Gasteiger partial charge < -0.3 is 10.4 Å². The molecule has 2 aromatic rings. The lowest BCUT2D eigenvalue weighted by Crippen LogP contribution is -2.23. The number of benzene rings is 1. The highest BCUT2D eigenvalue weighted by molar-refractivity contribution is 5.31. The SMILES string of the molecule is CCn1nc(C)c(C(C)NC(C)c2cccc(O)c2)c1C. The Hall–Kier alpha value is -1.81. The summed E-state index contributed by atoms with van der Waals surface area (Å²) in [5.41, 5.74) is 4.65. The number of nitrogens with one attached hydrogen (secondary N) is 1. The molecule has 1 aromatic carbocycles. The fraction of sp³-hybridized carbons (Fsp3) is 0.471. The van der Waals surface area contributed by atoms with Crippen LogP contribution in [0.25, 0.3) is 0 Å². The minimum Gasteiger partial charge on any atom is -0.508 e. The molecule has 1 heterocycles. The van der Waals surface area contributed by atoms with Crippen LogP contribution in [0.3, 0.4) is 0 Å². The largest absolute Gasteiger partial charge is 0.508 e. The van der Waals surface area contributed by atoms with E-state index in [1.807, 2.05) is 16.8 Å². The molecule has 4 nitrogen and oxygen atoms in total. The van der Waals surface area contributed by atoms with Gasteiger partial charge in [0.1, 0.15) is 5.75 Å². The van der Waals surface area contributed by atoms with E-state index in [1.54, 1.807) is 12.1 Å². The van der Waals surface area contributed by atoms with Gasteiger partial charge in [0.05, 0.1) is 5.69 Å². The Morgan fingerprint density at radius 1 is 1.24 bits per heavy atom. The molecule has 21 heavy (non-hydrogen) atoms. The van der Waals surface area contributed by atoms with E-state index >= 15 is 0 Å². The quantitative estimate of drug-likeness (QED) is 0.882. The van der Waals surface area contributed by atoms with Crippen molar-refractivity contribution in [1.29, 1.82) is 0 Å². The molecule has 2 atom stereocenters. The van der Waals surface area contributed by atoms with Crippen molar-refractivity contribution in [3.63, 3.8) is 0 Å². The van der Waals surface area contributed by atoms with Gasteiger partial charge in [-0.05, 0) is 52.3 Å². The second kappa shape index (κ2) is 6.31. The van der Waals surface area contributed by atoms with Gasteiger partial charge in [-0.15, -0.1) is 0 Å². The molecule has 0 radical (unpaired) electrons. The minimum absolute atomic E-state index is 0.163. The predicted molar refractivity (Wildman–Crippen MR) is 85.4 cm³/mol. The fourth-order valence-corrected chi connectivity index (χ4v) is 2.99. The third-order valence-corrected chi connectivity index (χ3v) is 4.04. The molecule has 0 saturated carbocycles. The summed E-state index contributed by atoms with van der Waals surface area (Å²) in [6.45, 7) is 11.5. The van der Waals surface area contributed by atoms with Crippen LogP contribution in [0.15, 0.2) is 24.3 Å². The van der Waals surface area contributed by atoms with Gasteiger partial charge in [0, 0.05) is 29.9 Å². The predicted octanol–water partition coefficient (Wildman–Crippen LogP) is 3.64. The van der Waals surface area contributed by atoms with Crippen LogP contribution in [-0.2, 0) is 6.54 Å². The highest BCUT2D eigenvalue weighted by atomic mass is 16.3. The van der Waals surface area contributed by atoms with Gasteiger partial charge in [0.25, 0.3) is 0 Å². The molecule has 4 heteroatoms. The fourth-order valence-electron chi connectivity index (χ4n) is 2.99. The molecule has 114 valence electrons. The Balaban J connectivity index is 2.18. The van der Waals surface area contributed by atoms with E-state index in [-0.39, 0.29) is 12.1 Å². The number of nitrogens with zero attached hydrogens (tertiary/aromatic N) is 2. The van der Waals surface area contributed by atoms with Crippen molar-refractivity contribution >= 4 is 0 Å². The first-order chi connectivity index (χ1) is 9.93. The number of phenolic OH excluding ortho intramolecular Hbond substituents is 1. The molecule has 0 bridgehead atoms. The van der Waals surface area contributed by atoms with Gasteiger partial charge in [-0.25, -0.2) is 0 Å². The number of aromatic hydroxyl groups is 1. The Bertz CT molecular complexity index is 618. The van der Waals surface area contributed by atoms with Crippen LogP contribution in [-0.4, -0.2) is 14.9 Å². The zero-order valence-corrected chi connectivity index (χ0v) is 13.5. The lowest BCUT2D eigenvalue weighted by Gasteiger charge is -2.21. The summed E-state index contributed by atoms with van der Waals surface area (Å²) >= 11 is 0. The molecule has 0 spiro atoms. The molecule has 0 saturated heterocycles. The Morgan fingerprint density at radius 3 is 2.52 bits per heavy atom. The summed E-state index contributed by atoms with van der Waals surface area (Å²) in [6, 6.07) is 7.77. The van der Waals surface area contributed by atoms with Crippen molar-refractivity contribution in [1.82, 2.24) is 15.1 Å². The van der Waals surface area contributed by atoms with Gasteiger partial charge >= 0.3 is 0 Å². The van der Waals surface area contributed by atoms with Gasteiger partial charge in [-0.3, -0.25) is 4.68 Å². The molecular weight excluding hydrogens is 262 g/mol. The van der Waals surface area contributed by atoms with E-state index in [0.29, 0.717) is 5.75 Å². The van der Waals surface area contributed by atoms with Crippen molar-refractivity contribution in [3.8, 4) is 5.75 Å². The molecule has 0 aliphatic heterocycles. The third-order valence-electron chi connectivity index (χ3n) is 4.04. The number of phenols is 1. The Labute approximate surface area is 126 Å². The molecule has 1 aromatic heterocycles. The van der Waals surface area contributed by atoms with Crippen molar-refractivity contribution in [2.45, 2.75) is 53.2 Å². The van der Waals surface area contributed by atoms with Crippen LogP contribution in [0.2, 0.25) is 0 Å². The molecule has 2 unspecified atom stereocenters. The highest BCUT2D eigenvalue weighted by Gasteiger charge is 2.19. The number of hydrogen-bond donors (Lipinski definition) is 2. The number of hydrogen-bond acceptors (Lipinski definition) is 3. The molecule has 0 amide bonds. The first kappa shape index (κ1) is 15.6. The second-order valence-corrected chi connectivity index (χ2v) is 5.61. The average Bonchev–Trinajstić information content (AvgIpc) is 2.73. The standard InChI is InChI=1S/C17H25N3O/c1-6-20-14(5)17(13(4)19-20)12(3)18-11(2)15-8-7-9-16(21)10-15/h7-12,18,21H,6H2,1-5H3. The van der Waals surface area contributed by atoms with E-state index in [2.05, 4.69) is 45.0 Å². The number of rotatable bonds is 5. The van der Waals surface area contributed by atoms with Crippen molar-refractivity contribution in [2.75, 3.05) is 0 Å². The molecular formula is C17H25N3O. The average molecular weight is 287 g/mol. The van der Waals surface area contributed by atoms with E-state index in [4.69, 9.17) is 0 Å². The van der Waals surface area contributed by atoms with Gasteiger partial charge in [0.2, 0.25) is 0 Å². The maximum Gasteiger partial charge on any atom is 0.115 e. The Morgan fingerprint density at radius 2 is 1.95 bits per heavy atom. The molecule has 0 aliphatic rings. The van der Waals surface area contributed by atoms with Gasteiger partial charge in [0.15, 0.2) is 0 Å². The highest BCUT2D eigenvalue weighted by Crippen LogP contribution is 2.25. The summed E-state index contributed by atoms with van der Waals surface area (Å²) in [5, 5.41) is 17.8. The number of aryl methyl sites for hydroxylation is 2. The van der Waals surface area contributed by atoms with Crippen LogP contribution in [0.1, 0.15) is 55.4 Å². The zero-order chi connectivity index (χ0) is 15.6. The summed E-state index contributed by atoms with van der Waals surface area (Å²) in [4.78, 5) is 0. The van der Waals surface area contributed by atoms with Crippen LogP contribution in [0.5, 0.6) is 5.75 Å². The molecule has 2 N–H and O–H groups in total. The lowest BCUT2D eigenvalue weighted by atomic mass is 10.0. The van der Waals surface area contributed by atoms with Gasteiger partial charge in [-0.1, -0.05) is 12.1 Å². The van der Waals surface area contributed by atoms with Crippen LogP contribution in [0.4, 0.5) is 0 Å². The van der Waals surface area contributed by atoms with E-state index < -0.39 is 0 Å². The lowest BCUT2D eigenvalue weighted by molar-refractivity contribution is 0.465. The van der Waals surface area contributed by atoms with Gasteiger partial charge in [-0.2, -0.15) is 5.10 Å². The third kappa shape index (κ3) is 3.27. The molecule has 2 rings (SSSR count). The van der Waals surface area contributed by atoms with E-state index in [0.717, 1.165) is 17.8 Å². The van der Waals surface area contributed by atoms with Crippen LogP contribution < -0.4 is 5.32 Å². The van der Waals surface area contributed by atoms with Crippen LogP contribution in [0, 0.1) is 13.8 Å². The second-order valence-electron chi connectivity index (χ2n) is 5.61. The van der Waals surface area contributed by atoms with Crippen molar-refractivity contribution in [2.24, 2.45) is 0 Å². The van der Waals surface area contributed by atoms with E-state index in [9.17, 15) is 5.11 Å².